The molecule has 0 spiro atoms. The molecule has 186 valence electrons. The van der Waals surface area contributed by atoms with Crippen molar-refractivity contribution in [3.05, 3.63) is 53.6 Å². The molecule has 0 saturated carbocycles. The van der Waals surface area contributed by atoms with Crippen LogP contribution in [0.3, 0.4) is 0 Å². The van der Waals surface area contributed by atoms with Crippen LogP contribution in [0.5, 0.6) is 0 Å². The summed E-state index contributed by atoms with van der Waals surface area (Å²) in [5.41, 5.74) is 2.31. The van der Waals surface area contributed by atoms with Gasteiger partial charge in [0.05, 0.1) is 10.8 Å². The Morgan fingerprint density at radius 3 is 2.57 bits per heavy atom. The fraction of sp³-hybridized carbons (Fsp3) is 0.400. The molecule has 2 aromatic carbocycles. The fourth-order valence-electron chi connectivity index (χ4n) is 4.69. The SMILES string of the molecule is Cc1cc(C(=O)N2CCCC(C)C2)ccc1NC(=O)C1CC(=O)N(c2cccc(S(N)(=O)=O)c2)C1. The number of benzene rings is 2. The summed E-state index contributed by atoms with van der Waals surface area (Å²) < 4.78 is 23.3. The van der Waals surface area contributed by atoms with Crippen molar-refractivity contribution in [1.82, 2.24) is 4.90 Å². The molecule has 2 atom stereocenters. The van der Waals surface area contributed by atoms with Gasteiger partial charge >= 0.3 is 0 Å². The normalized spacial score (nSPS) is 20.7. The second-order valence-electron chi connectivity index (χ2n) is 9.47. The molecule has 2 heterocycles. The average Bonchev–Trinajstić information content (AvgIpc) is 3.21. The highest BCUT2D eigenvalue weighted by molar-refractivity contribution is 7.89. The predicted molar refractivity (Wildman–Crippen MR) is 132 cm³/mol. The van der Waals surface area contributed by atoms with Gasteiger partial charge in [-0.1, -0.05) is 13.0 Å². The van der Waals surface area contributed by atoms with Gasteiger partial charge in [0, 0.05) is 43.0 Å². The highest BCUT2D eigenvalue weighted by Gasteiger charge is 2.35. The van der Waals surface area contributed by atoms with Crippen LogP contribution in [0.1, 0.15) is 42.1 Å². The Balaban J connectivity index is 1.43. The monoisotopic (exact) mass is 498 g/mol. The summed E-state index contributed by atoms with van der Waals surface area (Å²) in [6.45, 7) is 5.61. The van der Waals surface area contributed by atoms with Crippen LogP contribution in [0.25, 0.3) is 0 Å². The van der Waals surface area contributed by atoms with Gasteiger partial charge in [-0.2, -0.15) is 0 Å². The van der Waals surface area contributed by atoms with Gasteiger partial charge < -0.3 is 15.1 Å². The van der Waals surface area contributed by atoms with Gasteiger partial charge in [-0.25, -0.2) is 13.6 Å². The third-order valence-corrected chi connectivity index (χ3v) is 7.54. The Morgan fingerprint density at radius 2 is 1.89 bits per heavy atom. The van der Waals surface area contributed by atoms with Crippen molar-refractivity contribution >= 4 is 39.1 Å². The minimum atomic E-state index is -3.91. The first-order chi connectivity index (χ1) is 16.5. The zero-order valence-electron chi connectivity index (χ0n) is 19.9. The highest BCUT2D eigenvalue weighted by Crippen LogP contribution is 2.28. The molecular weight excluding hydrogens is 468 g/mol. The number of primary sulfonamides is 1. The van der Waals surface area contributed by atoms with E-state index in [0.717, 1.165) is 31.5 Å². The number of sulfonamides is 1. The van der Waals surface area contributed by atoms with Gasteiger partial charge in [-0.15, -0.1) is 0 Å². The number of nitrogens with two attached hydrogens (primary N) is 1. The maximum Gasteiger partial charge on any atom is 0.253 e. The van der Waals surface area contributed by atoms with Gasteiger partial charge in [-0.3, -0.25) is 14.4 Å². The molecule has 9 nitrogen and oxygen atoms in total. The quantitative estimate of drug-likeness (QED) is 0.654. The Hall–Kier alpha value is -3.24. The summed E-state index contributed by atoms with van der Waals surface area (Å²) in [6, 6.07) is 11.0. The molecule has 2 aliphatic heterocycles. The number of amides is 3. The zero-order chi connectivity index (χ0) is 25.3. The lowest BCUT2D eigenvalue weighted by atomic mass is 9.99. The number of rotatable bonds is 5. The van der Waals surface area contributed by atoms with Crippen molar-refractivity contribution in [1.29, 1.82) is 0 Å². The van der Waals surface area contributed by atoms with E-state index in [2.05, 4.69) is 12.2 Å². The topological polar surface area (TPSA) is 130 Å². The van der Waals surface area contributed by atoms with E-state index in [9.17, 15) is 22.8 Å². The van der Waals surface area contributed by atoms with Crippen molar-refractivity contribution in [3.8, 4) is 0 Å². The second kappa shape index (κ2) is 9.79. The molecule has 35 heavy (non-hydrogen) atoms. The van der Waals surface area contributed by atoms with Crippen LogP contribution in [0.4, 0.5) is 11.4 Å². The summed E-state index contributed by atoms with van der Waals surface area (Å²) >= 11 is 0. The molecule has 0 bridgehead atoms. The molecule has 0 aliphatic carbocycles. The molecule has 3 amide bonds. The van der Waals surface area contributed by atoms with Crippen LogP contribution < -0.4 is 15.4 Å². The van der Waals surface area contributed by atoms with Crippen LogP contribution in [-0.4, -0.2) is 50.7 Å². The summed E-state index contributed by atoms with van der Waals surface area (Å²) in [6.07, 6.45) is 2.14. The number of piperidine rings is 1. The lowest BCUT2D eigenvalue weighted by molar-refractivity contribution is -0.122. The van der Waals surface area contributed by atoms with E-state index >= 15 is 0 Å². The highest BCUT2D eigenvalue weighted by atomic mass is 32.2. The van der Waals surface area contributed by atoms with Gasteiger partial charge in [0.25, 0.3) is 5.91 Å². The molecule has 2 saturated heterocycles. The third kappa shape index (κ3) is 5.54. The fourth-order valence-corrected chi connectivity index (χ4v) is 5.24. The summed E-state index contributed by atoms with van der Waals surface area (Å²) in [4.78, 5) is 41.6. The number of nitrogens with zero attached hydrogens (tertiary/aromatic N) is 2. The van der Waals surface area contributed by atoms with Crippen molar-refractivity contribution in [2.45, 2.75) is 38.0 Å². The van der Waals surface area contributed by atoms with E-state index in [0.29, 0.717) is 22.9 Å². The molecule has 0 radical (unpaired) electrons. The molecule has 0 aromatic heterocycles. The molecule has 2 unspecified atom stereocenters. The lowest BCUT2D eigenvalue weighted by Gasteiger charge is -2.31. The summed E-state index contributed by atoms with van der Waals surface area (Å²) in [5.74, 6) is -0.698. The van der Waals surface area contributed by atoms with E-state index < -0.39 is 15.9 Å². The average molecular weight is 499 g/mol. The number of anilines is 2. The number of hydrogen-bond donors (Lipinski definition) is 2. The van der Waals surface area contributed by atoms with Gasteiger partial charge in [0.2, 0.25) is 21.8 Å². The number of carbonyl (C=O) groups is 3. The zero-order valence-corrected chi connectivity index (χ0v) is 20.7. The molecule has 2 fully saturated rings. The Labute approximate surface area is 205 Å². The van der Waals surface area contributed by atoms with Crippen LogP contribution in [0.15, 0.2) is 47.4 Å². The van der Waals surface area contributed by atoms with Crippen molar-refractivity contribution in [2.24, 2.45) is 17.0 Å². The number of aryl methyl sites for hydroxylation is 1. The maximum absolute atomic E-state index is 12.9. The maximum atomic E-state index is 12.9. The molecular formula is C25H30N4O5S. The van der Waals surface area contributed by atoms with Crippen molar-refractivity contribution in [3.63, 3.8) is 0 Å². The van der Waals surface area contributed by atoms with Gasteiger partial charge in [0.1, 0.15) is 0 Å². The van der Waals surface area contributed by atoms with Crippen LogP contribution in [0.2, 0.25) is 0 Å². The Bertz CT molecular complexity index is 1280. The van der Waals surface area contributed by atoms with Crippen LogP contribution in [-0.2, 0) is 19.6 Å². The van der Waals surface area contributed by atoms with E-state index in [1.807, 2.05) is 11.8 Å². The van der Waals surface area contributed by atoms with Crippen molar-refractivity contribution in [2.75, 3.05) is 29.9 Å². The molecule has 2 aromatic rings. The number of carbonyl (C=O) groups excluding carboxylic acids is 3. The third-order valence-electron chi connectivity index (χ3n) is 6.63. The van der Waals surface area contributed by atoms with E-state index in [4.69, 9.17) is 5.14 Å². The minimum Gasteiger partial charge on any atom is -0.338 e. The van der Waals surface area contributed by atoms with E-state index in [-0.39, 0.29) is 35.6 Å². The first-order valence-electron chi connectivity index (χ1n) is 11.7. The Kier molecular flexibility index (Phi) is 6.95. The smallest absolute Gasteiger partial charge is 0.253 e. The van der Waals surface area contributed by atoms with Gasteiger partial charge in [-0.05, 0) is 67.6 Å². The molecule has 3 N–H and O–H groups in total. The van der Waals surface area contributed by atoms with Gasteiger partial charge in [0.15, 0.2) is 0 Å². The number of nitrogens with one attached hydrogen (secondary N) is 1. The van der Waals surface area contributed by atoms with E-state index in [1.54, 1.807) is 24.3 Å². The van der Waals surface area contributed by atoms with Crippen LogP contribution >= 0.6 is 0 Å². The number of likely N-dealkylation sites (tertiary alicyclic amines) is 1. The minimum absolute atomic E-state index is 0.00344. The van der Waals surface area contributed by atoms with E-state index in [1.165, 1.54) is 23.1 Å². The summed E-state index contributed by atoms with van der Waals surface area (Å²) in [5, 5.41) is 8.07. The second-order valence-corrected chi connectivity index (χ2v) is 11.0. The predicted octanol–water partition coefficient (Wildman–Crippen LogP) is 2.51. The van der Waals surface area contributed by atoms with Crippen molar-refractivity contribution < 1.29 is 22.8 Å². The first kappa shape index (κ1) is 24.9. The largest absolute Gasteiger partial charge is 0.338 e. The standard InChI is InChI=1S/C25H30N4O5S/c1-16-5-4-10-28(14-16)25(32)18-8-9-22(17(2)11-18)27-24(31)19-12-23(30)29(15-19)20-6-3-7-21(13-20)35(26,33)34/h3,6-9,11,13,16,19H,4-5,10,12,14-15H2,1-2H3,(H,27,31)(H2,26,33,34). The number of hydrogen-bond acceptors (Lipinski definition) is 5. The Morgan fingerprint density at radius 1 is 1.11 bits per heavy atom. The first-order valence-corrected chi connectivity index (χ1v) is 13.2. The molecule has 4 rings (SSSR count). The lowest BCUT2D eigenvalue weighted by Crippen LogP contribution is -2.39. The molecule has 2 aliphatic rings. The molecule has 10 heteroatoms. The van der Waals surface area contributed by atoms with Crippen LogP contribution in [0, 0.1) is 18.8 Å². The summed E-state index contributed by atoms with van der Waals surface area (Å²) in [7, 11) is -3.91.